The van der Waals surface area contributed by atoms with E-state index in [4.69, 9.17) is 4.74 Å². The fourth-order valence-electron chi connectivity index (χ4n) is 4.21. The van der Waals surface area contributed by atoms with Gasteiger partial charge in [-0.2, -0.15) is 0 Å². The molecule has 7 heteroatoms. The minimum atomic E-state index is -0.258. The molecule has 2 aromatic carbocycles. The Hall–Kier alpha value is -2.93. The number of nitrogens with one attached hydrogen (secondary N) is 3. The third-order valence-electron chi connectivity index (χ3n) is 5.71. The van der Waals surface area contributed by atoms with E-state index in [9.17, 15) is 14.0 Å². The monoisotopic (exact) mass is 428 g/mol. The first-order valence-electron chi connectivity index (χ1n) is 10.8. The lowest BCUT2D eigenvalue weighted by Gasteiger charge is -2.31. The second-order valence-corrected chi connectivity index (χ2v) is 8.12. The standard InChI is InChI=1S/C24H30FN3O3/c1-17(29)26-20-12-13-23(31-2)22(14-20)27-24(30)16-28(21-6-4-3-5-7-21)15-18-8-10-19(25)11-9-18/h8-14,21H,3-7,15-16H2,1-2H3,(H,26,29)(H,27,30)/p+1. The Balaban J connectivity index is 1.73. The number of amides is 2. The van der Waals surface area contributed by atoms with Crippen molar-refractivity contribution in [3.05, 3.63) is 53.8 Å². The van der Waals surface area contributed by atoms with Gasteiger partial charge in [-0.1, -0.05) is 18.6 Å². The molecule has 3 N–H and O–H groups in total. The molecule has 1 fully saturated rings. The molecule has 0 heterocycles. The van der Waals surface area contributed by atoms with Gasteiger partial charge in [0.25, 0.3) is 5.91 Å². The summed E-state index contributed by atoms with van der Waals surface area (Å²) in [5.74, 6) is -0.0392. The smallest absolute Gasteiger partial charge is 0.279 e. The summed E-state index contributed by atoms with van der Waals surface area (Å²) in [7, 11) is 1.54. The Morgan fingerprint density at radius 3 is 2.42 bits per heavy atom. The van der Waals surface area contributed by atoms with Crippen molar-refractivity contribution in [3.63, 3.8) is 0 Å². The molecule has 0 bridgehead atoms. The van der Waals surface area contributed by atoms with Gasteiger partial charge in [-0.05, 0) is 56.0 Å². The molecule has 31 heavy (non-hydrogen) atoms. The Labute approximate surface area is 182 Å². The summed E-state index contributed by atoms with van der Waals surface area (Å²) in [6.45, 7) is 2.40. The second kappa shape index (κ2) is 10.9. The number of hydrogen-bond donors (Lipinski definition) is 3. The Morgan fingerprint density at radius 1 is 1.06 bits per heavy atom. The van der Waals surface area contributed by atoms with Crippen LogP contribution in [0.1, 0.15) is 44.6 Å². The fraction of sp³-hybridized carbons (Fsp3) is 0.417. The number of carbonyl (C=O) groups excluding carboxylic acids is 2. The lowest BCUT2D eigenvalue weighted by Crippen LogP contribution is -3.15. The fourth-order valence-corrected chi connectivity index (χ4v) is 4.21. The van der Waals surface area contributed by atoms with Crippen molar-refractivity contribution >= 4 is 23.2 Å². The van der Waals surface area contributed by atoms with Crippen LogP contribution in [0.2, 0.25) is 0 Å². The van der Waals surface area contributed by atoms with Crippen LogP contribution in [0, 0.1) is 5.82 Å². The highest BCUT2D eigenvalue weighted by Gasteiger charge is 2.27. The molecular formula is C24H31FN3O3+. The van der Waals surface area contributed by atoms with E-state index < -0.39 is 0 Å². The number of carbonyl (C=O) groups is 2. The molecule has 0 aliphatic heterocycles. The van der Waals surface area contributed by atoms with Crippen molar-refractivity contribution < 1.29 is 23.6 Å². The third-order valence-corrected chi connectivity index (χ3v) is 5.71. The molecule has 6 nitrogen and oxygen atoms in total. The van der Waals surface area contributed by atoms with Gasteiger partial charge in [0.15, 0.2) is 6.54 Å². The van der Waals surface area contributed by atoms with Crippen molar-refractivity contribution in [1.29, 1.82) is 0 Å². The first kappa shape index (κ1) is 22.7. The number of methoxy groups -OCH3 is 1. The molecule has 166 valence electrons. The molecule has 3 rings (SSSR count). The van der Waals surface area contributed by atoms with Crippen molar-refractivity contribution in [2.75, 3.05) is 24.3 Å². The summed E-state index contributed by atoms with van der Waals surface area (Å²) in [5, 5.41) is 5.66. The SMILES string of the molecule is COc1ccc(NC(C)=O)cc1NC(=O)C[NH+](Cc1ccc(F)cc1)C1CCCCC1. The summed E-state index contributed by atoms with van der Waals surface area (Å²) in [6.07, 6.45) is 5.76. The predicted molar refractivity (Wildman–Crippen MR) is 119 cm³/mol. The Morgan fingerprint density at radius 2 is 1.77 bits per heavy atom. The minimum Gasteiger partial charge on any atom is -0.495 e. The van der Waals surface area contributed by atoms with E-state index in [0.717, 1.165) is 18.4 Å². The third kappa shape index (κ3) is 6.79. The zero-order valence-corrected chi connectivity index (χ0v) is 18.2. The Kier molecular flexibility index (Phi) is 8.00. The highest BCUT2D eigenvalue weighted by Crippen LogP contribution is 2.27. The van der Waals surface area contributed by atoms with Crippen molar-refractivity contribution in [3.8, 4) is 5.75 Å². The molecule has 1 atom stereocenters. The number of anilines is 2. The van der Waals surface area contributed by atoms with Crippen LogP contribution < -0.4 is 20.3 Å². The molecule has 1 aliphatic carbocycles. The number of ether oxygens (including phenoxy) is 1. The van der Waals surface area contributed by atoms with Crippen LogP contribution in [0.5, 0.6) is 5.75 Å². The molecule has 2 amide bonds. The van der Waals surface area contributed by atoms with Crippen LogP contribution in [-0.4, -0.2) is 31.5 Å². The van der Waals surface area contributed by atoms with Crippen LogP contribution in [0.15, 0.2) is 42.5 Å². The van der Waals surface area contributed by atoms with Crippen molar-refractivity contribution in [2.45, 2.75) is 51.6 Å². The number of halogens is 1. The number of rotatable bonds is 8. The van der Waals surface area contributed by atoms with E-state index in [1.807, 2.05) is 0 Å². The minimum absolute atomic E-state index is 0.124. The molecule has 0 aromatic heterocycles. The van der Waals surface area contributed by atoms with E-state index in [1.165, 1.54) is 50.3 Å². The van der Waals surface area contributed by atoms with Crippen LogP contribution in [0.3, 0.4) is 0 Å². The molecule has 1 aliphatic rings. The Bertz CT molecular complexity index is 895. The van der Waals surface area contributed by atoms with E-state index >= 15 is 0 Å². The molecule has 1 saturated carbocycles. The summed E-state index contributed by atoms with van der Waals surface area (Å²) in [5.41, 5.74) is 2.12. The summed E-state index contributed by atoms with van der Waals surface area (Å²) < 4.78 is 18.7. The number of benzene rings is 2. The number of quaternary nitrogens is 1. The van der Waals surface area contributed by atoms with Crippen LogP contribution >= 0.6 is 0 Å². The van der Waals surface area contributed by atoms with Gasteiger partial charge in [0.05, 0.1) is 18.8 Å². The van der Waals surface area contributed by atoms with Crippen LogP contribution in [-0.2, 0) is 16.1 Å². The van der Waals surface area contributed by atoms with Crippen LogP contribution in [0.25, 0.3) is 0 Å². The zero-order chi connectivity index (χ0) is 22.2. The van der Waals surface area contributed by atoms with E-state index in [1.54, 1.807) is 30.3 Å². The summed E-state index contributed by atoms with van der Waals surface area (Å²) in [4.78, 5) is 25.5. The second-order valence-electron chi connectivity index (χ2n) is 8.12. The quantitative estimate of drug-likeness (QED) is 0.605. The predicted octanol–water partition coefficient (Wildman–Crippen LogP) is 3.15. The average Bonchev–Trinajstić information content (AvgIpc) is 2.75. The van der Waals surface area contributed by atoms with Gasteiger partial charge in [0.1, 0.15) is 18.1 Å². The lowest BCUT2D eigenvalue weighted by molar-refractivity contribution is -0.932. The van der Waals surface area contributed by atoms with Gasteiger partial charge in [-0.25, -0.2) is 4.39 Å². The summed E-state index contributed by atoms with van der Waals surface area (Å²) >= 11 is 0. The van der Waals surface area contributed by atoms with Gasteiger partial charge in [-0.3, -0.25) is 9.59 Å². The maximum absolute atomic E-state index is 13.3. The first-order chi connectivity index (χ1) is 14.9. The topological polar surface area (TPSA) is 71.9 Å². The van der Waals surface area contributed by atoms with Gasteiger partial charge in [-0.15, -0.1) is 0 Å². The molecule has 0 spiro atoms. The highest BCUT2D eigenvalue weighted by molar-refractivity contribution is 5.95. The molecule has 1 unspecified atom stereocenters. The average molecular weight is 429 g/mol. The lowest BCUT2D eigenvalue weighted by atomic mass is 9.93. The molecule has 0 saturated heterocycles. The largest absolute Gasteiger partial charge is 0.495 e. The highest BCUT2D eigenvalue weighted by atomic mass is 19.1. The maximum Gasteiger partial charge on any atom is 0.279 e. The van der Waals surface area contributed by atoms with Gasteiger partial charge < -0.3 is 20.3 Å². The van der Waals surface area contributed by atoms with Gasteiger partial charge >= 0.3 is 0 Å². The zero-order valence-electron chi connectivity index (χ0n) is 18.2. The van der Waals surface area contributed by atoms with Crippen LogP contribution in [0.4, 0.5) is 15.8 Å². The molecule has 0 radical (unpaired) electrons. The van der Waals surface area contributed by atoms with Crippen molar-refractivity contribution in [2.24, 2.45) is 0 Å². The van der Waals surface area contributed by atoms with Crippen molar-refractivity contribution in [1.82, 2.24) is 0 Å². The molecular weight excluding hydrogens is 397 g/mol. The van der Waals surface area contributed by atoms with E-state index in [2.05, 4.69) is 10.6 Å². The van der Waals surface area contributed by atoms with Gasteiger partial charge in [0.2, 0.25) is 5.91 Å². The molecule has 2 aromatic rings. The van der Waals surface area contributed by atoms with Gasteiger partial charge in [0, 0.05) is 18.2 Å². The summed E-state index contributed by atoms with van der Waals surface area (Å²) in [6, 6.07) is 12.0. The first-order valence-corrected chi connectivity index (χ1v) is 10.8. The number of hydrogen-bond acceptors (Lipinski definition) is 3. The van der Waals surface area contributed by atoms with E-state index in [0.29, 0.717) is 36.3 Å². The van der Waals surface area contributed by atoms with E-state index in [-0.39, 0.29) is 17.6 Å². The normalized spacial score (nSPS) is 15.2. The maximum atomic E-state index is 13.3.